The van der Waals surface area contributed by atoms with Crippen molar-refractivity contribution in [3.63, 3.8) is 0 Å². The highest BCUT2D eigenvalue weighted by Gasteiger charge is 2.38. The Morgan fingerprint density at radius 3 is 2.06 bits per heavy atom. The van der Waals surface area contributed by atoms with Crippen molar-refractivity contribution in [2.75, 3.05) is 6.54 Å². The second-order valence-electron chi connectivity index (χ2n) is 3.34. The number of quaternary nitrogens is 1. The highest BCUT2D eigenvalue weighted by atomic mass is 19.3. The predicted molar refractivity (Wildman–Crippen MR) is 49.7 cm³/mol. The summed E-state index contributed by atoms with van der Waals surface area (Å²) < 4.78 is 24.0. The van der Waals surface area contributed by atoms with Gasteiger partial charge in [-0.15, -0.1) is 5.01 Å². The lowest BCUT2D eigenvalue weighted by Gasteiger charge is -2.09. The molecule has 0 saturated carbocycles. The van der Waals surface area contributed by atoms with E-state index in [0.717, 1.165) is 10.4 Å². The highest BCUT2D eigenvalue weighted by molar-refractivity contribution is 6.20. The van der Waals surface area contributed by atoms with Crippen molar-refractivity contribution in [3.8, 4) is 0 Å². The molecule has 84 valence electrons. The first-order chi connectivity index (χ1) is 7.61. The Balaban J connectivity index is 2.22. The minimum Gasteiger partial charge on any atom is -0.263 e. The van der Waals surface area contributed by atoms with Gasteiger partial charge in [0.05, 0.1) is 11.1 Å². The van der Waals surface area contributed by atoms with E-state index in [1.165, 1.54) is 12.1 Å². The molecular weight excluding hydrogens is 218 g/mol. The van der Waals surface area contributed by atoms with Gasteiger partial charge in [-0.2, -0.15) is 0 Å². The van der Waals surface area contributed by atoms with E-state index in [1.54, 1.807) is 12.1 Å². The number of rotatable bonds is 3. The van der Waals surface area contributed by atoms with Crippen LogP contribution >= 0.6 is 0 Å². The number of carbonyl (C=O) groups excluding carboxylic acids is 2. The second kappa shape index (κ2) is 3.97. The molecule has 0 bridgehead atoms. The van der Waals surface area contributed by atoms with E-state index in [-0.39, 0.29) is 11.1 Å². The maximum Gasteiger partial charge on any atom is 0.307 e. The number of halogens is 2. The van der Waals surface area contributed by atoms with E-state index >= 15 is 0 Å². The molecule has 0 aliphatic carbocycles. The van der Waals surface area contributed by atoms with E-state index in [9.17, 15) is 18.4 Å². The van der Waals surface area contributed by atoms with Crippen LogP contribution in [0.1, 0.15) is 20.7 Å². The third-order valence-electron chi connectivity index (χ3n) is 2.29. The molecule has 1 aromatic carbocycles. The molecule has 1 aromatic rings. The summed E-state index contributed by atoms with van der Waals surface area (Å²) >= 11 is 0. The summed E-state index contributed by atoms with van der Waals surface area (Å²) in [6, 6.07) is 6.26. The Morgan fingerprint density at radius 2 is 1.62 bits per heavy atom. The smallest absolute Gasteiger partial charge is 0.263 e. The zero-order valence-electron chi connectivity index (χ0n) is 8.19. The number of imide groups is 1. The number of nitrogens with zero attached hydrogens (tertiary/aromatic N) is 1. The van der Waals surface area contributed by atoms with Crippen molar-refractivity contribution in [1.82, 2.24) is 5.01 Å². The van der Waals surface area contributed by atoms with Crippen LogP contribution in [0.5, 0.6) is 0 Å². The Morgan fingerprint density at radius 1 is 1.12 bits per heavy atom. The fraction of sp³-hybridized carbons (Fsp3) is 0.200. The minimum atomic E-state index is -2.57. The van der Waals surface area contributed by atoms with Crippen LogP contribution in [0.2, 0.25) is 0 Å². The van der Waals surface area contributed by atoms with E-state index in [1.807, 2.05) is 0 Å². The van der Waals surface area contributed by atoms with Gasteiger partial charge in [0.2, 0.25) is 0 Å². The van der Waals surface area contributed by atoms with Crippen molar-refractivity contribution in [2.24, 2.45) is 0 Å². The lowest BCUT2D eigenvalue weighted by molar-refractivity contribution is -0.772. The van der Waals surface area contributed by atoms with Crippen LogP contribution in [0.3, 0.4) is 0 Å². The van der Waals surface area contributed by atoms with Crippen molar-refractivity contribution in [2.45, 2.75) is 6.43 Å². The zero-order valence-corrected chi connectivity index (χ0v) is 8.19. The first kappa shape index (κ1) is 10.7. The molecule has 0 radical (unpaired) electrons. The zero-order chi connectivity index (χ0) is 11.7. The lowest BCUT2D eigenvalue weighted by atomic mass is 10.1. The Bertz CT molecular complexity index is 413. The van der Waals surface area contributed by atoms with E-state index < -0.39 is 24.8 Å². The molecule has 6 heteroatoms. The molecule has 2 rings (SSSR count). The van der Waals surface area contributed by atoms with Gasteiger partial charge >= 0.3 is 11.8 Å². The molecule has 0 fully saturated rings. The van der Waals surface area contributed by atoms with Crippen LogP contribution in [0.15, 0.2) is 24.3 Å². The van der Waals surface area contributed by atoms with Gasteiger partial charge in [0, 0.05) is 0 Å². The molecule has 0 atom stereocenters. The first-order valence-corrected chi connectivity index (χ1v) is 4.69. The van der Waals surface area contributed by atoms with Gasteiger partial charge in [0.1, 0.15) is 0 Å². The molecule has 0 aromatic heterocycles. The molecule has 0 unspecified atom stereocenters. The summed E-state index contributed by atoms with van der Waals surface area (Å²) in [5.41, 5.74) is 1.46. The number of benzene rings is 1. The number of hydrogen-bond acceptors (Lipinski definition) is 2. The number of amides is 2. The summed E-state index contributed by atoms with van der Waals surface area (Å²) in [6.07, 6.45) is -2.57. The van der Waals surface area contributed by atoms with E-state index in [0.29, 0.717) is 0 Å². The van der Waals surface area contributed by atoms with Crippen molar-refractivity contribution >= 4 is 11.8 Å². The fourth-order valence-electron chi connectivity index (χ4n) is 1.56. The molecule has 1 aliphatic rings. The SMILES string of the molecule is O=C1c2ccccc2C(=O)N1[NH2+]CC(F)F. The molecule has 1 heterocycles. The van der Waals surface area contributed by atoms with Gasteiger partial charge in [-0.05, 0) is 12.1 Å². The van der Waals surface area contributed by atoms with Gasteiger partial charge in [-0.3, -0.25) is 9.59 Å². The second-order valence-corrected chi connectivity index (χ2v) is 3.34. The monoisotopic (exact) mass is 227 g/mol. The van der Waals surface area contributed by atoms with Crippen molar-refractivity contribution in [3.05, 3.63) is 35.4 Å². The van der Waals surface area contributed by atoms with Crippen LogP contribution in [-0.4, -0.2) is 29.8 Å². The largest absolute Gasteiger partial charge is 0.307 e. The summed E-state index contributed by atoms with van der Waals surface area (Å²) in [4.78, 5) is 23.3. The summed E-state index contributed by atoms with van der Waals surface area (Å²) in [6.45, 7) is -0.606. The number of carbonyl (C=O) groups is 2. The van der Waals surface area contributed by atoms with Gasteiger partial charge in [-0.25, -0.2) is 14.2 Å². The van der Waals surface area contributed by atoms with Crippen LogP contribution < -0.4 is 5.43 Å². The summed E-state index contributed by atoms with van der Waals surface area (Å²) in [5, 5.41) is 0.747. The van der Waals surface area contributed by atoms with Gasteiger partial charge in [-0.1, -0.05) is 12.1 Å². The first-order valence-electron chi connectivity index (χ1n) is 4.69. The molecular formula is C10H9F2N2O2+. The van der Waals surface area contributed by atoms with Crippen LogP contribution in [0, 0.1) is 0 Å². The molecule has 0 saturated heterocycles. The number of hydrogen-bond donors (Lipinski definition) is 1. The normalized spacial score (nSPS) is 14.8. The standard InChI is InChI=1S/C10H8F2N2O2/c11-8(12)5-13-14-9(15)6-3-1-2-4-7(6)10(14)16/h1-4,8,13H,5H2/p+1. The number of alkyl halides is 2. The van der Waals surface area contributed by atoms with E-state index in [2.05, 4.69) is 0 Å². The number of nitrogens with two attached hydrogens (primary N) is 1. The third-order valence-corrected chi connectivity index (χ3v) is 2.29. The van der Waals surface area contributed by atoms with Crippen molar-refractivity contribution in [1.29, 1.82) is 0 Å². The molecule has 0 spiro atoms. The van der Waals surface area contributed by atoms with Crippen LogP contribution in [-0.2, 0) is 0 Å². The maximum atomic E-state index is 12.0. The maximum absolute atomic E-state index is 12.0. The van der Waals surface area contributed by atoms with Crippen LogP contribution in [0.25, 0.3) is 0 Å². The van der Waals surface area contributed by atoms with Gasteiger partial charge < -0.3 is 0 Å². The Hall–Kier alpha value is -1.82. The molecule has 2 amide bonds. The predicted octanol–water partition coefficient (Wildman–Crippen LogP) is 0.0261. The number of fused-ring (bicyclic) bond motifs is 1. The quantitative estimate of drug-likeness (QED) is 0.450. The molecule has 16 heavy (non-hydrogen) atoms. The Labute approximate surface area is 89.8 Å². The van der Waals surface area contributed by atoms with Crippen molar-refractivity contribution < 1.29 is 23.8 Å². The van der Waals surface area contributed by atoms with Gasteiger partial charge in [0.25, 0.3) is 6.43 Å². The average Bonchev–Trinajstić information content (AvgIpc) is 2.50. The minimum absolute atomic E-state index is 0.262. The van der Waals surface area contributed by atoms with Gasteiger partial charge in [0.15, 0.2) is 6.54 Å². The summed E-state index contributed by atoms with van der Waals surface area (Å²) in [7, 11) is 0. The highest BCUT2D eigenvalue weighted by Crippen LogP contribution is 2.18. The summed E-state index contributed by atoms with van der Waals surface area (Å²) in [5.74, 6) is -1.08. The van der Waals surface area contributed by atoms with Crippen LogP contribution in [0.4, 0.5) is 8.78 Å². The lowest BCUT2D eigenvalue weighted by Crippen LogP contribution is -2.96. The topological polar surface area (TPSA) is 54.0 Å². The van der Waals surface area contributed by atoms with E-state index in [4.69, 9.17) is 0 Å². The average molecular weight is 227 g/mol. The fourth-order valence-corrected chi connectivity index (χ4v) is 1.56. The molecule has 2 N–H and O–H groups in total. The third kappa shape index (κ3) is 1.67. The molecule has 4 nitrogen and oxygen atoms in total. The molecule has 1 aliphatic heterocycles. The Kier molecular flexibility index (Phi) is 2.66.